The van der Waals surface area contributed by atoms with Gasteiger partial charge in [0.25, 0.3) is 0 Å². The predicted octanol–water partition coefficient (Wildman–Crippen LogP) is 3.94. The Labute approximate surface area is 168 Å². The van der Waals surface area contributed by atoms with E-state index in [1.165, 1.54) is 18.2 Å². The van der Waals surface area contributed by atoms with Gasteiger partial charge in [0.2, 0.25) is 11.7 Å². The molecule has 1 fully saturated rings. The molecule has 1 atom stereocenters. The number of hydrogen-bond acceptors (Lipinski definition) is 5. The highest BCUT2D eigenvalue weighted by molar-refractivity contribution is 7.99. The molecule has 1 aliphatic rings. The van der Waals surface area contributed by atoms with Crippen molar-refractivity contribution < 1.29 is 9.21 Å². The molecular formula is C21H24N4O2S. The zero-order chi connectivity index (χ0) is 19.3. The summed E-state index contributed by atoms with van der Waals surface area (Å²) in [6.45, 7) is 4.55. The van der Waals surface area contributed by atoms with Gasteiger partial charge in [0.05, 0.1) is 18.6 Å². The lowest BCUT2D eigenvalue weighted by Crippen LogP contribution is -2.40. The summed E-state index contributed by atoms with van der Waals surface area (Å²) in [5.74, 6) is 2.47. The number of likely N-dealkylation sites (tertiary alicyclic amines) is 1. The van der Waals surface area contributed by atoms with E-state index in [2.05, 4.69) is 29.3 Å². The number of thioether (sulfide) groups is 1. The molecule has 0 spiro atoms. The molecule has 4 rings (SSSR count). The summed E-state index contributed by atoms with van der Waals surface area (Å²) in [6.07, 6.45) is 3.92. The molecule has 0 bridgehead atoms. The maximum atomic E-state index is 12.7. The lowest BCUT2D eigenvalue weighted by atomic mass is 10.0. The van der Waals surface area contributed by atoms with Crippen LogP contribution in [0.1, 0.15) is 25.3 Å². The smallest absolute Gasteiger partial charge is 0.233 e. The number of carbonyl (C=O) groups excluding carboxylic acids is 1. The second-order valence-corrected chi connectivity index (χ2v) is 8.17. The van der Waals surface area contributed by atoms with Crippen molar-refractivity contribution in [3.8, 4) is 11.6 Å². The minimum absolute atomic E-state index is 0.172. The van der Waals surface area contributed by atoms with Crippen LogP contribution < -0.4 is 0 Å². The first-order chi connectivity index (χ1) is 13.7. The number of benzene rings is 1. The van der Waals surface area contributed by atoms with E-state index in [0.29, 0.717) is 29.8 Å². The Hall–Kier alpha value is -2.54. The summed E-state index contributed by atoms with van der Waals surface area (Å²) in [6, 6.07) is 13.9. The number of rotatable bonds is 6. The fourth-order valence-electron chi connectivity index (χ4n) is 3.53. The first-order valence-corrected chi connectivity index (χ1v) is 10.6. The molecule has 6 nitrogen and oxygen atoms in total. The largest absolute Gasteiger partial charge is 0.461 e. The van der Waals surface area contributed by atoms with E-state index >= 15 is 0 Å². The average molecular weight is 397 g/mol. The molecule has 146 valence electrons. The predicted molar refractivity (Wildman–Crippen MR) is 109 cm³/mol. The number of nitrogens with zero attached hydrogens (tertiary/aromatic N) is 4. The van der Waals surface area contributed by atoms with Gasteiger partial charge in [0.1, 0.15) is 0 Å². The Morgan fingerprint density at radius 3 is 2.82 bits per heavy atom. The third-order valence-corrected chi connectivity index (χ3v) is 5.93. The van der Waals surface area contributed by atoms with E-state index in [1.54, 1.807) is 6.26 Å². The van der Waals surface area contributed by atoms with Gasteiger partial charge in [-0.2, -0.15) is 0 Å². The number of hydrogen-bond donors (Lipinski definition) is 0. The van der Waals surface area contributed by atoms with Crippen molar-refractivity contribution in [2.75, 3.05) is 18.8 Å². The topological polar surface area (TPSA) is 64.2 Å². The number of piperidine rings is 1. The normalized spacial score (nSPS) is 17.0. The van der Waals surface area contributed by atoms with Gasteiger partial charge in [0.15, 0.2) is 10.9 Å². The molecule has 0 radical (unpaired) electrons. The third kappa shape index (κ3) is 4.30. The lowest BCUT2D eigenvalue weighted by Gasteiger charge is -2.30. The van der Waals surface area contributed by atoms with E-state index in [0.717, 1.165) is 30.2 Å². The van der Waals surface area contributed by atoms with Gasteiger partial charge in [-0.1, -0.05) is 49.0 Å². The first kappa shape index (κ1) is 18.8. The van der Waals surface area contributed by atoms with Gasteiger partial charge in [-0.15, -0.1) is 10.2 Å². The molecule has 0 saturated carbocycles. The SMILES string of the molecule is C[C@@H]1CCCN(C(=O)CSc2nnc(-c3ccco3)n2Cc2ccccc2)C1. The van der Waals surface area contributed by atoms with Gasteiger partial charge in [0, 0.05) is 13.1 Å². The maximum Gasteiger partial charge on any atom is 0.233 e. The van der Waals surface area contributed by atoms with E-state index in [9.17, 15) is 4.79 Å². The van der Waals surface area contributed by atoms with Crippen LogP contribution in [0.3, 0.4) is 0 Å². The van der Waals surface area contributed by atoms with Crippen LogP contribution in [0.2, 0.25) is 0 Å². The monoisotopic (exact) mass is 396 g/mol. The molecule has 1 aliphatic heterocycles. The van der Waals surface area contributed by atoms with Crippen LogP contribution in [0.15, 0.2) is 58.3 Å². The molecule has 28 heavy (non-hydrogen) atoms. The van der Waals surface area contributed by atoms with Gasteiger partial charge < -0.3 is 9.32 Å². The Balaban J connectivity index is 1.52. The zero-order valence-corrected chi connectivity index (χ0v) is 16.8. The zero-order valence-electron chi connectivity index (χ0n) is 16.0. The Bertz CT molecular complexity index is 908. The molecule has 2 aromatic heterocycles. The van der Waals surface area contributed by atoms with Gasteiger partial charge in [-0.3, -0.25) is 9.36 Å². The van der Waals surface area contributed by atoms with E-state index in [-0.39, 0.29) is 5.91 Å². The Kier molecular flexibility index (Phi) is 5.81. The lowest BCUT2D eigenvalue weighted by molar-refractivity contribution is -0.130. The van der Waals surface area contributed by atoms with Crippen molar-refractivity contribution in [3.63, 3.8) is 0 Å². The van der Waals surface area contributed by atoms with E-state index in [1.807, 2.05) is 39.8 Å². The molecule has 1 aromatic carbocycles. The van der Waals surface area contributed by atoms with Crippen molar-refractivity contribution in [1.29, 1.82) is 0 Å². The van der Waals surface area contributed by atoms with Crippen molar-refractivity contribution in [2.45, 2.75) is 31.5 Å². The fraction of sp³-hybridized carbons (Fsp3) is 0.381. The molecule has 7 heteroatoms. The number of aromatic nitrogens is 3. The minimum Gasteiger partial charge on any atom is -0.461 e. The second-order valence-electron chi connectivity index (χ2n) is 7.23. The Morgan fingerprint density at radius 1 is 1.21 bits per heavy atom. The van der Waals surface area contributed by atoms with Crippen LogP contribution in [0.25, 0.3) is 11.6 Å². The Morgan fingerprint density at radius 2 is 2.07 bits per heavy atom. The highest BCUT2D eigenvalue weighted by atomic mass is 32.2. The number of carbonyl (C=O) groups is 1. The van der Waals surface area contributed by atoms with E-state index in [4.69, 9.17) is 4.42 Å². The second kappa shape index (κ2) is 8.65. The highest BCUT2D eigenvalue weighted by Gasteiger charge is 2.23. The fourth-order valence-corrected chi connectivity index (χ4v) is 4.37. The molecule has 3 heterocycles. The average Bonchev–Trinajstić information content (AvgIpc) is 3.37. The van der Waals surface area contributed by atoms with Crippen LogP contribution in [0.5, 0.6) is 0 Å². The van der Waals surface area contributed by atoms with Gasteiger partial charge in [-0.25, -0.2) is 0 Å². The van der Waals surface area contributed by atoms with Crippen molar-refractivity contribution >= 4 is 17.7 Å². The van der Waals surface area contributed by atoms with Crippen LogP contribution >= 0.6 is 11.8 Å². The molecule has 0 aliphatic carbocycles. The molecule has 3 aromatic rings. The quantitative estimate of drug-likeness (QED) is 0.591. The van der Waals surface area contributed by atoms with Crippen LogP contribution in [-0.4, -0.2) is 44.4 Å². The molecule has 0 N–H and O–H groups in total. The van der Waals surface area contributed by atoms with Crippen LogP contribution in [0.4, 0.5) is 0 Å². The summed E-state index contributed by atoms with van der Waals surface area (Å²) in [7, 11) is 0. The molecule has 0 unspecified atom stereocenters. The van der Waals surface area contributed by atoms with Crippen LogP contribution in [0, 0.1) is 5.92 Å². The van der Waals surface area contributed by atoms with Gasteiger partial charge >= 0.3 is 0 Å². The van der Waals surface area contributed by atoms with Crippen molar-refractivity contribution in [1.82, 2.24) is 19.7 Å². The number of amides is 1. The van der Waals surface area contributed by atoms with Crippen LogP contribution in [-0.2, 0) is 11.3 Å². The molecule has 1 saturated heterocycles. The maximum absolute atomic E-state index is 12.7. The van der Waals surface area contributed by atoms with Crippen molar-refractivity contribution in [3.05, 3.63) is 54.3 Å². The third-order valence-electron chi connectivity index (χ3n) is 4.98. The molecular weight excluding hydrogens is 372 g/mol. The summed E-state index contributed by atoms with van der Waals surface area (Å²) in [4.78, 5) is 14.6. The molecule has 1 amide bonds. The van der Waals surface area contributed by atoms with Gasteiger partial charge in [-0.05, 0) is 36.5 Å². The minimum atomic E-state index is 0.172. The first-order valence-electron chi connectivity index (χ1n) is 9.62. The number of furan rings is 1. The summed E-state index contributed by atoms with van der Waals surface area (Å²) in [5.41, 5.74) is 1.15. The summed E-state index contributed by atoms with van der Waals surface area (Å²) in [5, 5.41) is 9.41. The van der Waals surface area contributed by atoms with Crippen molar-refractivity contribution in [2.24, 2.45) is 5.92 Å². The summed E-state index contributed by atoms with van der Waals surface area (Å²) < 4.78 is 7.55. The standard InChI is InChI=1S/C21H24N4O2S/c1-16-7-5-11-24(13-16)19(26)15-28-21-23-22-20(18-10-6-12-27-18)25(21)14-17-8-3-2-4-9-17/h2-4,6,8-10,12,16H,5,7,11,13-15H2,1H3/t16-/m1/s1. The highest BCUT2D eigenvalue weighted by Crippen LogP contribution is 2.26. The van der Waals surface area contributed by atoms with E-state index < -0.39 is 0 Å². The summed E-state index contributed by atoms with van der Waals surface area (Å²) >= 11 is 1.44.